The second-order valence-electron chi connectivity index (χ2n) is 4.95. The van der Waals surface area contributed by atoms with Gasteiger partial charge in [0, 0.05) is 25.3 Å². The Hall–Kier alpha value is -2.34. The van der Waals surface area contributed by atoms with Crippen LogP contribution >= 0.6 is 0 Å². The van der Waals surface area contributed by atoms with Gasteiger partial charge in [0.05, 0.1) is 31.6 Å². The summed E-state index contributed by atoms with van der Waals surface area (Å²) in [7, 11) is 3.21. The molecular formula is C16H21N3O3. The van der Waals surface area contributed by atoms with Gasteiger partial charge >= 0.3 is 0 Å². The molecular weight excluding hydrogens is 282 g/mol. The number of nitrogens with zero attached hydrogens (tertiary/aromatic N) is 2. The predicted molar refractivity (Wildman–Crippen MR) is 83.2 cm³/mol. The van der Waals surface area contributed by atoms with E-state index >= 15 is 0 Å². The molecule has 0 radical (unpaired) electrons. The summed E-state index contributed by atoms with van der Waals surface area (Å²) in [4.78, 5) is 11.7. The van der Waals surface area contributed by atoms with Gasteiger partial charge in [-0.05, 0) is 31.2 Å². The highest BCUT2D eigenvalue weighted by Crippen LogP contribution is 2.17. The molecule has 0 bridgehead atoms. The number of carbonyl (C=O) groups is 1. The standard InChI is InChI=1S/C16H21N3O3/c1-12(18-16(20)8-9-21-2)13-10-17-19(11-13)14-4-6-15(22-3)7-5-14/h4-7,10-12H,8-9H2,1-3H3,(H,18,20). The fourth-order valence-corrected chi connectivity index (χ4v) is 2.03. The average molecular weight is 303 g/mol. The highest BCUT2D eigenvalue weighted by atomic mass is 16.5. The van der Waals surface area contributed by atoms with E-state index in [-0.39, 0.29) is 11.9 Å². The number of methoxy groups -OCH3 is 2. The molecule has 1 aromatic heterocycles. The molecule has 6 nitrogen and oxygen atoms in total. The predicted octanol–water partition coefficient (Wildman–Crippen LogP) is 2.09. The lowest BCUT2D eigenvalue weighted by Gasteiger charge is -2.11. The van der Waals surface area contributed by atoms with Crippen LogP contribution in [0.4, 0.5) is 0 Å². The number of hydrogen-bond donors (Lipinski definition) is 1. The molecule has 22 heavy (non-hydrogen) atoms. The third kappa shape index (κ3) is 4.08. The molecule has 2 aromatic rings. The second kappa shape index (κ2) is 7.61. The maximum Gasteiger partial charge on any atom is 0.222 e. The van der Waals surface area contributed by atoms with Gasteiger partial charge in [0.15, 0.2) is 0 Å². The second-order valence-corrected chi connectivity index (χ2v) is 4.95. The highest BCUT2D eigenvalue weighted by molar-refractivity contribution is 5.76. The van der Waals surface area contributed by atoms with E-state index < -0.39 is 0 Å². The van der Waals surface area contributed by atoms with Gasteiger partial charge in [0.2, 0.25) is 5.91 Å². The van der Waals surface area contributed by atoms with Crippen molar-refractivity contribution in [1.82, 2.24) is 15.1 Å². The van der Waals surface area contributed by atoms with Crippen molar-refractivity contribution in [1.29, 1.82) is 0 Å². The van der Waals surface area contributed by atoms with E-state index in [2.05, 4.69) is 10.4 Å². The highest BCUT2D eigenvalue weighted by Gasteiger charge is 2.12. The van der Waals surface area contributed by atoms with Crippen molar-refractivity contribution in [2.45, 2.75) is 19.4 Å². The van der Waals surface area contributed by atoms with Crippen LogP contribution in [-0.2, 0) is 9.53 Å². The molecule has 0 aliphatic heterocycles. The quantitative estimate of drug-likeness (QED) is 0.850. The number of rotatable bonds is 7. The topological polar surface area (TPSA) is 65.4 Å². The Bertz CT molecular complexity index is 607. The van der Waals surface area contributed by atoms with Crippen molar-refractivity contribution in [2.75, 3.05) is 20.8 Å². The van der Waals surface area contributed by atoms with Gasteiger partial charge in [-0.2, -0.15) is 5.10 Å². The summed E-state index contributed by atoms with van der Waals surface area (Å²) in [6, 6.07) is 7.52. The summed E-state index contributed by atoms with van der Waals surface area (Å²) in [5.41, 5.74) is 1.88. The van der Waals surface area contributed by atoms with Crippen LogP contribution in [0.25, 0.3) is 5.69 Å². The molecule has 1 aromatic carbocycles. The molecule has 0 aliphatic rings. The van der Waals surface area contributed by atoms with E-state index in [1.54, 1.807) is 25.1 Å². The fraction of sp³-hybridized carbons (Fsp3) is 0.375. The number of aromatic nitrogens is 2. The van der Waals surface area contributed by atoms with Gasteiger partial charge in [0.1, 0.15) is 5.75 Å². The Morgan fingerprint density at radius 1 is 1.32 bits per heavy atom. The van der Waals surface area contributed by atoms with Gasteiger partial charge < -0.3 is 14.8 Å². The third-order valence-electron chi connectivity index (χ3n) is 3.35. The average Bonchev–Trinajstić information content (AvgIpc) is 3.03. The Morgan fingerprint density at radius 3 is 2.68 bits per heavy atom. The van der Waals surface area contributed by atoms with Crippen LogP contribution in [0.1, 0.15) is 24.9 Å². The van der Waals surface area contributed by atoms with E-state index in [0.29, 0.717) is 13.0 Å². The first-order valence-corrected chi connectivity index (χ1v) is 7.11. The minimum absolute atomic E-state index is 0.0356. The van der Waals surface area contributed by atoms with E-state index in [1.807, 2.05) is 37.4 Å². The van der Waals surface area contributed by atoms with Crippen LogP contribution in [0, 0.1) is 0 Å². The van der Waals surface area contributed by atoms with Crippen molar-refractivity contribution in [3.05, 3.63) is 42.2 Å². The number of hydrogen-bond acceptors (Lipinski definition) is 4. The number of benzene rings is 1. The van der Waals surface area contributed by atoms with Crippen molar-refractivity contribution in [3.8, 4) is 11.4 Å². The van der Waals surface area contributed by atoms with Crippen LogP contribution in [0.15, 0.2) is 36.7 Å². The zero-order chi connectivity index (χ0) is 15.9. The Labute approximate surface area is 130 Å². The van der Waals surface area contributed by atoms with Crippen LogP contribution in [0.2, 0.25) is 0 Å². The van der Waals surface area contributed by atoms with Crippen molar-refractivity contribution in [3.63, 3.8) is 0 Å². The first kappa shape index (κ1) is 16.0. The first-order valence-electron chi connectivity index (χ1n) is 7.11. The summed E-state index contributed by atoms with van der Waals surface area (Å²) in [5.74, 6) is 0.765. The third-order valence-corrected chi connectivity index (χ3v) is 3.35. The largest absolute Gasteiger partial charge is 0.497 e. The molecule has 1 amide bonds. The van der Waals surface area contributed by atoms with Gasteiger partial charge in [-0.1, -0.05) is 0 Å². The Kier molecular flexibility index (Phi) is 5.55. The minimum atomic E-state index is -0.101. The molecule has 6 heteroatoms. The molecule has 118 valence electrons. The van der Waals surface area contributed by atoms with E-state index in [4.69, 9.17) is 9.47 Å². The van der Waals surface area contributed by atoms with E-state index in [9.17, 15) is 4.79 Å². The molecule has 0 aliphatic carbocycles. The zero-order valence-corrected chi connectivity index (χ0v) is 13.1. The molecule has 1 heterocycles. The molecule has 1 atom stereocenters. The maximum atomic E-state index is 11.7. The SMILES string of the molecule is COCCC(=O)NC(C)c1cnn(-c2ccc(OC)cc2)c1. The fourth-order valence-electron chi connectivity index (χ4n) is 2.03. The zero-order valence-electron chi connectivity index (χ0n) is 13.1. The Morgan fingerprint density at radius 2 is 2.05 bits per heavy atom. The van der Waals surface area contributed by atoms with Crippen molar-refractivity contribution >= 4 is 5.91 Å². The summed E-state index contributed by atoms with van der Waals surface area (Å²) >= 11 is 0. The van der Waals surface area contributed by atoms with E-state index in [0.717, 1.165) is 17.0 Å². The van der Waals surface area contributed by atoms with Crippen molar-refractivity contribution < 1.29 is 14.3 Å². The molecule has 0 fully saturated rings. The van der Waals surface area contributed by atoms with Crippen molar-refractivity contribution in [2.24, 2.45) is 0 Å². The van der Waals surface area contributed by atoms with Crippen LogP contribution in [-0.4, -0.2) is 36.5 Å². The smallest absolute Gasteiger partial charge is 0.222 e. The van der Waals surface area contributed by atoms with E-state index in [1.165, 1.54) is 0 Å². The maximum absolute atomic E-state index is 11.7. The summed E-state index contributed by atoms with van der Waals surface area (Å²) < 4.78 is 11.8. The van der Waals surface area contributed by atoms with Gasteiger partial charge in [-0.15, -0.1) is 0 Å². The lowest BCUT2D eigenvalue weighted by atomic mass is 10.2. The first-order chi connectivity index (χ1) is 10.6. The summed E-state index contributed by atoms with van der Waals surface area (Å²) in [6.07, 6.45) is 4.02. The van der Waals surface area contributed by atoms with Gasteiger partial charge in [-0.25, -0.2) is 4.68 Å². The van der Waals surface area contributed by atoms with Crippen LogP contribution in [0.3, 0.4) is 0 Å². The molecule has 1 N–H and O–H groups in total. The molecule has 1 unspecified atom stereocenters. The number of amides is 1. The number of ether oxygens (including phenoxy) is 2. The molecule has 0 saturated carbocycles. The van der Waals surface area contributed by atoms with Crippen LogP contribution < -0.4 is 10.1 Å². The molecule has 0 spiro atoms. The summed E-state index contributed by atoms with van der Waals surface area (Å²) in [5, 5.41) is 7.25. The molecule has 0 saturated heterocycles. The van der Waals surface area contributed by atoms with Gasteiger partial charge in [0.25, 0.3) is 0 Å². The minimum Gasteiger partial charge on any atom is -0.497 e. The molecule has 2 rings (SSSR count). The normalized spacial score (nSPS) is 12.0. The van der Waals surface area contributed by atoms with Crippen LogP contribution in [0.5, 0.6) is 5.75 Å². The number of nitrogens with one attached hydrogen (secondary N) is 1. The monoisotopic (exact) mass is 303 g/mol. The summed E-state index contributed by atoms with van der Waals surface area (Å²) in [6.45, 7) is 2.35. The number of carbonyl (C=O) groups excluding carboxylic acids is 1. The Balaban J connectivity index is 2.02. The lowest BCUT2D eigenvalue weighted by Crippen LogP contribution is -2.27. The van der Waals surface area contributed by atoms with Gasteiger partial charge in [-0.3, -0.25) is 4.79 Å². The lowest BCUT2D eigenvalue weighted by molar-refractivity contribution is -0.122.